The molecule has 0 fully saturated rings. The van der Waals surface area contributed by atoms with Crippen molar-refractivity contribution in [3.8, 4) is 0 Å². The lowest BCUT2D eigenvalue weighted by Crippen LogP contribution is -2.31. The third kappa shape index (κ3) is 4.76. The molecule has 0 spiro atoms. The Labute approximate surface area is 121 Å². The first-order valence-corrected chi connectivity index (χ1v) is 8.83. The van der Waals surface area contributed by atoms with Gasteiger partial charge in [-0.3, -0.25) is 4.79 Å². The molecule has 0 saturated carbocycles. The van der Waals surface area contributed by atoms with Crippen LogP contribution in [0.5, 0.6) is 0 Å². The number of halogens is 1. The maximum absolute atomic E-state index is 11.9. The zero-order valence-corrected chi connectivity index (χ0v) is 13.3. The summed E-state index contributed by atoms with van der Waals surface area (Å²) in [6.07, 6.45) is -0.0914. The van der Waals surface area contributed by atoms with Crippen LogP contribution in [0, 0.1) is 6.92 Å². The molecule has 0 bridgehead atoms. The first-order chi connectivity index (χ1) is 8.75. The molecule has 1 aromatic heterocycles. The molecule has 1 rings (SSSR count). The fourth-order valence-corrected chi connectivity index (χ4v) is 4.07. The molecule has 1 unspecified atom stereocenters. The molecule has 0 aliphatic rings. The quantitative estimate of drug-likeness (QED) is 0.813. The molecule has 19 heavy (non-hydrogen) atoms. The van der Waals surface area contributed by atoms with Gasteiger partial charge in [-0.05, 0) is 26.8 Å². The lowest BCUT2D eigenvalue weighted by atomic mass is 10.3. The second-order valence-corrected chi connectivity index (χ2v) is 7.74. The van der Waals surface area contributed by atoms with Crippen molar-refractivity contribution in [1.82, 2.24) is 5.32 Å². The number of aryl methyl sites for hydroxylation is 1. The van der Waals surface area contributed by atoms with Crippen LogP contribution in [0.3, 0.4) is 0 Å². The summed E-state index contributed by atoms with van der Waals surface area (Å²) < 4.78 is 27.8. The van der Waals surface area contributed by atoms with Crippen LogP contribution in [-0.4, -0.2) is 33.6 Å². The highest BCUT2D eigenvalue weighted by molar-refractivity contribution is 8.13. The van der Waals surface area contributed by atoms with Crippen LogP contribution in [0.15, 0.2) is 11.0 Å². The molecule has 108 valence electrons. The number of nitrogens with one attached hydrogen (secondary N) is 1. The lowest BCUT2D eigenvalue weighted by Gasteiger charge is -2.11. The van der Waals surface area contributed by atoms with E-state index >= 15 is 0 Å². The zero-order chi connectivity index (χ0) is 14.6. The Balaban J connectivity index is 2.74. The van der Waals surface area contributed by atoms with E-state index in [1.807, 2.05) is 13.8 Å². The molecule has 0 saturated heterocycles. The van der Waals surface area contributed by atoms with E-state index in [1.54, 1.807) is 6.92 Å². The van der Waals surface area contributed by atoms with Crippen LogP contribution < -0.4 is 5.32 Å². The second kappa shape index (κ2) is 6.69. The van der Waals surface area contributed by atoms with Gasteiger partial charge in [0.15, 0.2) is 0 Å². The van der Waals surface area contributed by atoms with Gasteiger partial charge in [0.2, 0.25) is 0 Å². The van der Waals surface area contributed by atoms with E-state index in [-0.39, 0.29) is 16.9 Å². The molecule has 1 N–H and O–H groups in total. The number of rotatable bonds is 6. The Morgan fingerprint density at radius 1 is 1.58 bits per heavy atom. The van der Waals surface area contributed by atoms with Crippen molar-refractivity contribution in [2.45, 2.75) is 31.8 Å². The van der Waals surface area contributed by atoms with Crippen molar-refractivity contribution in [2.24, 2.45) is 0 Å². The minimum absolute atomic E-state index is 0.0119. The largest absolute Gasteiger partial charge is 0.377 e. The summed E-state index contributed by atoms with van der Waals surface area (Å²) in [4.78, 5) is 12.7. The van der Waals surface area contributed by atoms with Crippen LogP contribution >= 0.6 is 22.0 Å². The van der Waals surface area contributed by atoms with Crippen molar-refractivity contribution < 1.29 is 17.9 Å². The molecule has 1 aromatic rings. The average molecular weight is 326 g/mol. The summed E-state index contributed by atoms with van der Waals surface area (Å²) in [5, 5.41) is 2.68. The molecule has 1 heterocycles. The molecular formula is C11H16ClNO4S2. The number of thiophene rings is 1. The van der Waals surface area contributed by atoms with Crippen LogP contribution in [0.25, 0.3) is 0 Å². The predicted octanol–water partition coefficient (Wildman–Crippen LogP) is 2.14. The summed E-state index contributed by atoms with van der Waals surface area (Å²) in [5.41, 5.74) is 0. The second-order valence-electron chi connectivity index (χ2n) is 3.94. The topological polar surface area (TPSA) is 72.5 Å². The van der Waals surface area contributed by atoms with Gasteiger partial charge in [-0.25, -0.2) is 8.42 Å². The summed E-state index contributed by atoms with van der Waals surface area (Å²) in [6, 6.07) is 1.29. The van der Waals surface area contributed by atoms with Gasteiger partial charge in [-0.2, -0.15) is 0 Å². The fourth-order valence-electron chi connectivity index (χ4n) is 1.49. The Hall–Kier alpha value is -0.630. The molecule has 1 amide bonds. The minimum Gasteiger partial charge on any atom is -0.377 e. The van der Waals surface area contributed by atoms with Crippen molar-refractivity contribution in [3.63, 3.8) is 0 Å². The summed E-state index contributed by atoms with van der Waals surface area (Å²) in [6.45, 7) is 6.27. The Kier molecular flexibility index (Phi) is 5.79. The molecular weight excluding hydrogens is 310 g/mol. The number of hydrogen-bond donors (Lipinski definition) is 1. The van der Waals surface area contributed by atoms with E-state index in [0.29, 0.717) is 22.9 Å². The highest BCUT2D eigenvalue weighted by Crippen LogP contribution is 2.28. The van der Waals surface area contributed by atoms with Crippen molar-refractivity contribution in [2.75, 3.05) is 13.2 Å². The van der Waals surface area contributed by atoms with Gasteiger partial charge in [-0.15, -0.1) is 11.3 Å². The van der Waals surface area contributed by atoms with Gasteiger partial charge < -0.3 is 10.1 Å². The maximum atomic E-state index is 11.9. The summed E-state index contributed by atoms with van der Waals surface area (Å²) in [5.74, 6) is -0.328. The van der Waals surface area contributed by atoms with Gasteiger partial charge in [0.25, 0.3) is 15.0 Å². The number of carbonyl (C=O) groups excluding carboxylic acids is 1. The van der Waals surface area contributed by atoms with Crippen molar-refractivity contribution in [1.29, 1.82) is 0 Å². The molecule has 5 nitrogen and oxygen atoms in total. The van der Waals surface area contributed by atoms with Crippen LogP contribution in [0.2, 0.25) is 0 Å². The van der Waals surface area contributed by atoms with Gasteiger partial charge in [0.1, 0.15) is 0 Å². The molecule has 1 atom stereocenters. The highest BCUT2D eigenvalue weighted by Gasteiger charge is 2.20. The Morgan fingerprint density at radius 2 is 2.21 bits per heavy atom. The van der Waals surface area contributed by atoms with Crippen LogP contribution in [-0.2, 0) is 13.8 Å². The van der Waals surface area contributed by atoms with Gasteiger partial charge >= 0.3 is 0 Å². The first-order valence-electron chi connectivity index (χ1n) is 5.70. The summed E-state index contributed by atoms with van der Waals surface area (Å²) >= 11 is 1.10. The van der Waals surface area contributed by atoms with E-state index in [9.17, 15) is 13.2 Å². The predicted molar refractivity (Wildman–Crippen MR) is 75.5 cm³/mol. The monoisotopic (exact) mass is 325 g/mol. The lowest BCUT2D eigenvalue weighted by molar-refractivity contribution is 0.0696. The van der Waals surface area contributed by atoms with Gasteiger partial charge in [-0.1, -0.05) is 0 Å². The minimum atomic E-state index is -3.81. The standard InChI is InChI=1S/C11H16ClNO4S2/c1-4-17-7(2)6-13-11(14)9-5-10(8(3)18-9)19(12,15)16/h5,7H,4,6H2,1-3H3,(H,13,14). The maximum Gasteiger partial charge on any atom is 0.262 e. The van der Waals surface area contributed by atoms with E-state index in [2.05, 4.69) is 5.32 Å². The number of ether oxygens (including phenoxy) is 1. The SMILES string of the molecule is CCOC(C)CNC(=O)c1cc(S(=O)(=O)Cl)c(C)s1. The molecule has 0 aliphatic heterocycles. The third-order valence-corrected chi connectivity index (χ3v) is 4.99. The first kappa shape index (κ1) is 16.4. The average Bonchev–Trinajstić information content (AvgIpc) is 2.68. The zero-order valence-electron chi connectivity index (χ0n) is 10.9. The fraction of sp³-hybridized carbons (Fsp3) is 0.545. The number of amides is 1. The van der Waals surface area contributed by atoms with E-state index in [0.717, 1.165) is 11.3 Å². The summed E-state index contributed by atoms with van der Waals surface area (Å²) in [7, 11) is 1.47. The third-order valence-electron chi connectivity index (χ3n) is 2.36. The molecule has 0 radical (unpaired) electrons. The van der Waals surface area contributed by atoms with Crippen LogP contribution in [0.1, 0.15) is 28.4 Å². The van der Waals surface area contributed by atoms with Gasteiger partial charge in [0.05, 0.1) is 15.9 Å². The van der Waals surface area contributed by atoms with Crippen molar-refractivity contribution in [3.05, 3.63) is 15.8 Å². The Bertz CT molecular complexity index is 553. The van der Waals surface area contributed by atoms with E-state index < -0.39 is 9.05 Å². The van der Waals surface area contributed by atoms with Gasteiger partial charge in [0, 0.05) is 28.7 Å². The van der Waals surface area contributed by atoms with E-state index in [4.69, 9.17) is 15.4 Å². The Morgan fingerprint density at radius 3 is 2.68 bits per heavy atom. The molecule has 0 aromatic carbocycles. The smallest absolute Gasteiger partial charge is 0.262 e. The number of carbonyl (C=O) groups is 1. The van der Waals surface area contributed by atoms with Crippen LogP contribution in [0.4, 0.5) is 0 Å². The number of hydrogen-bond acceptors (Lipinski definition) is 5. The van der Waals surface area contributed by atoms with E-state index in [1.165, 1.54) is 6.07 Å². The van der Waals surface area contributed by atoms with Crippen molar-refractivity contribution >= 4 is 37.0 Å². The molecule has 8 heteroatoms. The molecule has 0 aliphatic carbocycles. The highest BCUT2D eigenvalue weighted by atomic mass is 35.7. The normalized spacial score (nSPS) is 13.3.